The van der Waals surface area contributed by atoms with Crippen LogP contribution in [0.4, 0.5) is 10.5 Å². The molecule has 0 N–H and O–H groups in total. The quantitative estimate of drug-likeness (QED) is 0.561. The van der Waals surface area contributed by atoms with E-state index in [4.69, 9.17) is 14.2 Å². The zero-order chi connectivity index (χ0) is 17.3. The molecule has 3 rings (SSSR count). The summed E-state index contributed by atoms with van der Waals surface area (Å²) in [6.45, 7) is -0.175. The highest BCUT2D eigenvalue weighted by Crippen LogP contribution is 2.38. The lowest BCUT2D eigenvalue weighted by Gasteiger charge is -2.21. The Kier molecular flexibility index (Phi) is 4.46. The molecule has 2 saturated carbocycles. The van der Waals surface area contributed by atoms with Crippen LogP contribution in [0.5, 0.6) is 11.5 Å². The van der Waals surface area contributed by atoms with Gasteiger partial charge in [0.1, 0.15) is 6.61 Å². The van der Waals surface area contributed by atoms with E-state index in [1.54, 1.807) is 4.90 Å². The highest BCUT2D eigenvalue weighted by atomic mass is 16.6. The lowest BCUT2D eigenvalue weighted by Crippen LogP contribution is -2.35. The van der Waals surface area contributed by atoms with Crippen LogP contribution in [0.2, 0.25) is 0 Å². The van der Waals surface area contributed by atoms with Gasteiger partial charge in [-0.3, -0.25) is 10.1 Å². The summed E-state index contributed by atoms with van der Waals surface area (Å²) >= 11 is 0. The number of amides is 1. The number of nitro benzene ring substituents is 1. The van der Waals surface area contributed by atoms with Crippen molar-refractivity contribution in [2.75, 3.05) is 14.2 Å². The van der Waals surface area contributed by atoms with Crippen molar-refractivity contribution in [3.8, 4) is 11.5 Å². The van der Waals surface area contributed by atoms with Gasteiger partial charge in [-0.1, -0.05) is 0 Å². The van der Waals surface area contributed by atoms with Crippen LogP contribution in [-0.4, -0.2) is 42.2 Å². The standard InChI is InChI=1S/C16H20N2O6/c1-22-14-7-10(13(18(20)21)8-15(14)23-2)9-24-16(19)17(11-3-4-11)12-5-6-12/h7-8,11-12H,3-6,9H2,1-2H3. The van der Waals surface area contributed by atoms with Crippen LogP contribution >= 0.6 is 0 Å². The minimum absolute atomic E-state index is 0.162. The molecule has 8 nitrogen and oxygen atoms in total. The first-order valence-electron chi connectivity index (χ1n) is 7.89. The van der Waals surface area contributed by atoms with Gasteiger partial charge in [-0.25, -0.2) is 4.79 Å². The van der Waals surface area contributed by atoms with Crippen LogP contribution in [0.25, 0.3) is 0 Å². The van der Waals surface area contributed by atoms with E-state index in [9.17, 15) is 14.9 Å². The van der Waals surface area contributed by atoms with E-state index in [1.807, 2.05) is 0 Å². The Labute approximate surface area is 139 Å². The number of methoxy groups -OCH3 is 2. The second kappa shape index (κ2) is 6.54. The third-order valence-corrected chi connectivity index (χ3v) is 4.22. The van der Waals surface area contributed by atoms with Crippen LogP contribution in [0.1, 0.15) is 31.2 Å². The van der Waals surface area contributed by atoms with Crippen molar-refractivity contribution in [3.05, 3.63) is 27.8 Å². The zero-order valence-electron chi connectivity index (χ0n) is 13.7. The smallest absolute Gasteiger partial charge is 0.410 e. The molecular formula is C16H20N2O6. The van der Waals surface area contributed by atoms with Crippen LogP contribution in [-0.2, 0) is 11.3 Å². The van der Waals surface area contributed by atoms with Crippen LogP contribution in [0.3, 0.4) is 0 Å². The van der Waals surface area contributed by atoms with Crippen molar-refractivity contribution in [2.45, 2.75) is 44.4 Å². The Morgan fingerprint density at radius 3 is 2.17 bits per heavy atom. The molecule has 0 aromatic heterocycles. The molecule has 0 spiro atoms. The molecule has 2 aliphatic rings. The summed E-state index contributed by atoms with van der Waals surface area (Å²) in [4.78, 5) is 24.8. The molecule has 8 heteroatoms. The molecule has 0 atom stereocenters. The van der Waals surface area contributed by atoms with Gasteiger partial charge in [0.25, 0.3) is 5.69 Å². The molecule has 1 aromatic rings. The molecule has 0 radical (unpaired) electrons. The third-order valence-electron chi connectivity index (χ3n) is 4.22. The summed E-state index contributed by atoms with van der Waals surface area (Å²) in [5, 5.41) is 11.3. The van der Waals surface area contributed by atoms with Crippen LogP contribution in [0.15, 0.2) is 12.1 Å². The van der Waals surface area contributed by atoms with Crippen molar-refractivity contribution in [2.24, 2.45) is 0 Å². The molecule has 0 unspecified atom stereocenters. The van der Waals surface area contributed by atoms with E-state index in [-0.39, 0.29) is 35.7 Å². The zero-order valence-corrected chi connectivity index (χ0v) is 13.7. The maximum Gasteiger partial charge on any atom is 0.410 e. The molecular weight excluding hydrogens is 316 g/mol. The lowest BCUT2D eigenvalue weighted by atomic mass is 10.1. The molecule has 0 saturated heterocycles. The number of ether oxygens (including phenoxy) is 3. The van der Waals surface area contributed by atoms with Crippen molar-refractivity contribution >= 4 is 11.8 Å². The summed E-state index contributed by atoms with van der Waals surface area (Å²) < 4.78 is 15.6. The summed E-state index contributed by atoms with van der Waals surface area (Å²) in [5.41, 5.74) is 0.113. The molecule has 2 fully saturated rings. The Bertz CT molecular complexity index is 642. The molecule has 1 aromatic carbocycles. The highest BCUT2D eigenvalue weighted by molar-refractivity contribution is 5.69. The van der Waals surface area contributed by atoms with Gasteiger partial charge in [-0.15, -0.1) is 0 Å². The van der Waals surface area contributed by atoms with Gasteiger partial charge in [0.2, 0.25) is 0 Å². The van der Waals surface area contributed by atoms with Crippen LogP contribution < -0.4 is 9.47 Å². The molecule has 0 aliphatic heterocycles. The fraction of sp³-hybridized carbons (Fsp3) is 0.562. The predicted octanol–water partition coefficient (Wildman–Crippen LogP) is 2.88. The Balaban J connectivity index is 1.75. The van der Waals surface area contributed by atoms with E-state index < -0.39 is 11.0 Å². The molecule has 1 amide bonds. The Morgan fingerprint density at radius 2 is 1.71 bits per heavy atom. The summed E-state index contributed by atoms with van der Waals surface area (Å²) in [5.74, 6) is 0.618. The second-order valence-electron chi connectivity index (χ2n) is 6.02. The molecule has 2 aliphatic carbocycles. The first-order chi connectivity index (χ1) is 11.5. The van der Waals surface area contributed by atoms with E-state index >= 15 is 0 Å². The number of hydrogen-bond acceptors (Lipinski definition) is 6. The molecule has 0 heterocycles. The largest absolute Gasteiger partial charge is 0.493 e. The predicted molar refractivity (Wildman–Crippen MR) is 84.3 cm³/mol. The van der Waals surface area contributed by atoms with Gasteiger partial charge in [0.15, 0.2) is 11.5 Å². The van der Waals surface area contributed by atoms with Gasteiger partial charge in [-0.05, 0) is 31.7 Å². The number of nitro groups is 1. The van der Waals surface area contributed by atoms with Crippen LogP contribution in [0, 0.1) is 10.1 Å². The van der Waals surface area contributed by atoms with Crippen molar-refractivity contribution < 1.29 is 23.9 Å². The molecule has 24 heavy (non-hydrogen) atoms. The maximum absolute atomic E-state index is 12.3. The number of rotatable bonds is 7. The minimum atomic E-state index is -0.523. The Hall–Kier alpha value is -2.51. The normalized spacial score (nSPS) is 16.4. The average Bonchev–Trinajstić information content (AvgIpc) is 3.46. The van der Waals surface area contributed by atoms with Crippen molar-refractivity contribution in [1.29, 1.82) is 0 Å². The number of carbonyl (C=O) groups is 1. The maximum atomic E-state index is 12.3. The van der Waals surface area contributed by atoms with Gasteiger partial charge in [0.05, 0.1) is 30.8 Å². The topological polar surface area (TPSA) is 91.1 Å². The third kappa shape index (κ3) is 3.37. The van der Waals surface area contributed by atoms with Gasteiger partial charge >= 0.3 is 6.09 Å². The Morgan fingerprint density at radius 1 is 1.17 bits per heavy atom. The fourth-order valence-electron chi connectivity index (χ4n) is 2.71. The fourth-order valence-corrected chi connectivity index (χ4v) is 2.71. The lowest BCUT2D eigenvalue weighted by molar-refractivity contribution is -0.385. The van der Waals surface area contributed by atoms with Gasteiger partial charge in [0, 0.05) is 12.1 Å². The van der Waals surface area contributed by atoms with Crippen molar-refractivity contribution in [1.82, 2.24) is 4.90 Å². The summed E-state index contributed by atoms with van der Waals surface area (Å²) in [6.07, 6.45) is 3.61. The molecule has 0 bridgehead atoms. The van der Waals surface area contributed by atoms with Gasteiger partial charge in [-0.2, -0.15) is 0 Å². The first kappa shape index (κ1) is 16.4. The summed E-state index contributed by atoms with van der Waals surface area (Å²) in [7, 11) is 2.85. The number of nitrogens with zero attached hydrogens (tertiary/aromatic N) is 2. The van der Waals surface area contributed by atoms with Crippen molar-refractivity contribution in [3.63, 3.8) is 0 Å². The monoisotopic (exact) mass is 336 g/mol. The second-order valence-corrected chi connectivity index (χ2v) is 6.02. The SMILES string of the molecule is COc1cc(COC(=O)N(C2CC2)C2CC2)c([N+](=O)[O-])cc1OC. The first-order valence-corrected chi connectivity index (χ1v) is 7.89. The van der Waals surface area contributed by atoms with E-state index in [0.29, 0.717) is 5.75 Å². The average molecular weight is 336 g/mol. The highest BCUT2D eigenvalue weighted by Gasteiger charge is 2.43. The number of hydrogen-bond donors (Lipinski definition) is 0. The minimum Gasteiger partial charge on any atom is -0.493 e. The van der Waals surface area contributed by atoms with Gasteiger partial charge < -0.3 is 19.1 Å². The number of benzene rings is 1. The number of carbonyl (C=O) groups excluding carboxylic acids is 1. The van der Waals surface area contributed by atoms with E-state index in [0.717, 1.165) is 25.7 Å². The molecule has 130 valence electrons. The van der Waals surface area contributed by atoms with E-state index in [1.165, 1.54) is 26.4 Å². The summed E-state index contributed by atoms with van der Waals surface area (Å²) in [6, 6.07) is 3.29. The van der Waals surface area contributed by atoms with E-state index in [2.05, 4.69) is 0 Å².